The highest BCUT2D eigenvalue weighted by Gasteiger charge is 2.19. The van der Waals surface area contributed by atoms with E-state index in [9.17, 15) is 14.4 Å². The van der Waals surface area contributed by atoms with E-state index in [1.165, 1.54) is 42.5 Å². The number of thiophene rings is 1. The van der Waals surface area contributed by atoms with Crippen molar-refractivity contribution in [1.29, 1.82) is 0 Å². The number of benzene rings is 1. The number of aromatic nitrogens is 2. The third-order valence-corrected chi connectivity index (χ3v) is 4.73. The second-order valence-corrected chi connectivity index (χ2v) is 7.00. The summed E-state index contributed by atoms with van der Waals surface area (Å²) in [7, 11) is 0. The molecule has 0 aliphatic heterocycles. The summed E-state index contributed by atoms with van der Waals surface area (Å²) in [5, 5.41) is 8.37. The minimum Gasteiger partial charge on any atom is -0.453 e. The molecule has 3 aromatic rings. The van der Waals surface area contributed by atoms with E-state index in [4.69, 9.17) is 15.0 Å². The van der Waals surface area contributed by atoms with Crippen molar-refractivity contribution < 1.29 is 23.6 Å². The highest BCUT2D eigenvalue weighted by Crippen LogP contribution is 2.21. The molecule has 1 aromatic carbocycles. The van der Waals surface area contributed by atoms with Gasteiger partial charge < -0.3 is 20.3 Å². The lowest BCUT2D eigenvalue weighted by molar-refractivity contribution is -0.153. The van der Waals surface area contributed by atoms with E-state index in [-0.39, 0.29) is 12.8 Å². The molecule has 2 heterocycles. The average Bonchev–Trinajstić information content (AvgIpc) is 3.38. The predicted molar refractivity (Wildman–Crippen MR) is 105 cm³/mol. The molecule has 0 aliphatic carbocycles. The van der Waals surface area contributed by atoms with Gasteiger partial charge in [-0.2, -0.15) is 4.98 Å². The second kappa shape index (κ2) is 9.11. The van der Waals surface area contributed by atoms with Gasteiger partial charge in [-0.15, -0.1) is 11.3 Å². The highest BCUT2D eigenvalue weighted by atomic mass is 32.1. The van der Waals surface area contributed by atoms with Crippen LogP contribution >= 0.6 is 11.3 Å². The maximum atomic E-state index is 12.2. The quantitative estimate of drug-likeness (QED) is 0.540. The van der Waals surface area contributed by atoms with Crippen LogP contribution in [-0.2, 0) is 20.7 Å². The minimum atomic E-state index is -0.998. The zero-order chi connectivity index (χ0) is 20.8. The van der Waals surface area contributed by atoms with Crippen LogP contribution in [0.4, 0.5) is 5.69 Å². The van der Waals surface area contributed by atoms with E-state index >= 15 is 0 Å². The normalized spacial score (nSPS) is 11.6. The van der Waals surface area contributed by atoms with Crippen molar-refractivity contribution >= 4 is 34.8 Å². The van der Waals surface area contributed by atoms with E-state index in [1.54, 1.807) is 0 Å². The molecule has 3 N–H and O–H groups in total. The summed E-state index contributed by atoms with van der Waals surface area (Å²) in [5.41, 5.74) is 5.94. The van der Waals surface area contributed by atoms with Crippen molar-refractivity contribution in [2.45, 2.75) is 25.9 Å². The first kappa shape index (κ1) is 20.2. The van der Waals surface area contributed by atoms with Gasteiger partial charge in [-0.25, -0.2) is 0 Å². The summed E-state index contributed by atoms with van der Waals surface area (Å²) in [6.45, 7) is 1.46. The molecule has 0 fully saturated rings. The number of primary amides is 1. The third kappa shape index (κ3) is 5.48. The Morgan fingerprint density at radius 3 is 2.66 bits per heavy atom. The van der Waals surface area contributed by atoms with Crippen molar-refractivity contribution in [2.75, 3.05) is 5.32 Å². The van der Waals surface area contributed by atoms with Gasteiger partial charge in [-0.3, -0.25) is 14.4 Å². The van der Waals surface area contributed by atoms with Crippen molar-refractivity contribution in [3.8, 4) is 10.7 Å². The maximum absolute atomic E-state index is 12.2. The molecule has 150 valence electrons. The number of anilines is 1. The summed E-state index contributed by atoms with van der Waals surface area (Å²) in [4.78, 5) is 40.3. The van der Waals surface area contributed by atoms with Crippen LogP contribution in [0, 0.1) is 0 Å². The summed E-state index contributed by atoms with van der Waals surface area (Å²) in [5.74, 6) is -0.833. The number of aryl methyl sites for hydroxylation is 1. The zero-order valence-corrected chi connectivity index (χ0v) is 16.3. The smallest absolute Gasteiger partial charge is 0.307 e. The van der Waals surface area contributed by atoms with Gasteiger partial charge in [-0.1, -0.05) is 11.2 Å². The van der Waals surface area contributed by atoms with Gasteiger partial charge in [0.2, 0.25) is 17.6 Å². The van der Waals surface area contributed by atoms with Gasteiger partial charge >= 0.3 is 5.97 Å². The first-order valence-corrected chi connectivity index (χ1v) is 9.57. The van der Waals surface area contributed by atoms with Gasteiger partial charge in [0.25, 0.3) is 5.91 Å². The van der Waals surface area contributed by atoms with Crippen molar-refractivity contribution in [3.05, 3.63) is 53.2 Å². The number of nitrogens with one attached hydrogen (secondary N) is 1. The number of hydrogen-bond acceptors (Lipinski definition) is 8. The molecule has 3 rings (SSSR count). The number of ether oxygens (including phenoxy) is 1. The van der Waals surface area contributed by atoms with Crippen LogP contribution in [-0.4, -0.2) is 34.0 Å². The van der Waals surface area contributed by atoms with E-state index in [0.29, 0.717) is 23.0 Å². The fourth-order valence-electron chi connectivity index (χ4n) is 2.34. The van der Waals surface area contributed by atoms with Crippen LogP contribution in [0.3, 0.4) is 0 Å². The summed E-state index contributed by atoms with van der Waals surface area (Å²) in [6, 6.07) is 9.80. The molecule has 9 nitrogen and oxygen atoms in total. The maximum Gasteiger partial charge on any atom is 0.307 e. The largest absolute Gasteiger partial charge is 0.453 e. The van der Waals surface area contributed by atoms with Crippen LogP contribution in [0.5, 0.6) is 0 Å². The molecular weight excluding hydrogens is 396 g/mol. The van der Waals surface area contributed by atoms with Crippen LogP contribution in [0.15, 0.2) is 46.3 Å². The van der Waals surface area contributed by atoms with Gasteiger partial charge in [0.05, 0.1) is 11.3 Å². The number of hydrogen-bond donors (Lipinski definition) is 2. The minimum absolute atomic E-state index is 0.00297. The number of nitrogens with zero attached hydrogens (tertiary/aromatic N) is 2. The first-order valence-electron chi connectivity index (χ1n) is 8.69. The van der Waals surface area contributed by atoms with Gasteiger partial charge in [-0.05, 0) is 42.6 Å². The van der Waals surface area contributed by atoms with Crippen LogP contribution in [0.25, 0.3) is 10.7 Å². The van der Waals surface area contributed by atoms with Crippen LogP contribution < -0.4 is 11.1 Å². The molecule has 10 heteroatoms. The Kier molecular flexibility index (Phi) is 6.35. The lowest BCUT2D eigenvalue weighted by atomic mass is 10.2. The molecule has 0 unspecified atom stereocenters. The molecule has 2 aromatic heterocycles. The predicted octanol–water partition coefficient (Wildman–Crippen LogP) is 2.40. The van der Waals surface area contributed by atoms with Gasteiger partial charge in [0, 0.05) is 17.7 Å². The first-order chi connectivity index (χ1) is 13.9. The molecule has 0 saturated carbocycles. The van der Waals surface area contributed by atoms with E-state index in [2.05, 4.69) is 15.5 Å². The topological polar surface area (TPSA) is 137 Å². The number of esters is 1. The molecule has 29 heavy (non-hydrogen) atoms. The lowest BCUT2D eigenvalue weighted by Gasteiger charge is -2.13. The third-order valence-electron chi connectivity index (χ3n) is 3.87. The monoisotopic (exact) mass is 414 g/mol. The fourth-order valence-corrected chi connectivity index (χ4v) is 2.99. The summed E-state index contributed by atoms with van der Waals surface area (Å²) in [6.07, 6.45) is -0.792. The Morgan fingerprint density at radius 2 is 2.00 bits per heavy atom. The van der Waals surface area contributed by atoms with Gasteiger partial charge in [0.1, 0.15) is 0 Å². The number of carbonyl (C=O) groups excluding carboxylic acids is 3. The second-order valence-electron chi connectivity index (χ2n) is 6.05. The molecular formula is C19H18N4O5S. The fraction of sp³-hybridized carbons (Fsp3) is 0.211. The number of carbonyl (C=O) groups is 3. The zero-order valence-electron chi connectivity index (χ0n) is 15.5. The summed E-state index contributed by atoms with van der Waals surface area (Å²) >= 11 is 1.48. The molecule has 1 atom stereocenters. The average molecular weight is 414 g/mol. The number of rotatable bonds is 8. The Balaban J connectivity index is 1.46. The Hall–Kier alpha value is -3.53. The number of nitrogens with two attached hydrogens (primary N) is 1. The molecule has 0 aliphatic rings. The number of amides is 2. The van der Waals surface area contributed by atoms with Crippen molar-refractivity contribution in [2.24, 2.45) is 5.73 Å². The Morgan fingerprint density at radius 1 is 1.24 bits per heavy atom. The highest BCUT2D eigenvalue weighted by molar-refractivity contribution is 7.13. The van der Waals surface area contributed by atoms with E-state index in [1.807, 2.05) is 17.5 Å². The molecule has 0 saturated heterocycles. The summed E-state index contributed by atoms with van der Waals surface area (Å²) < 4.78 is 10.3. The lowest BCUT2D eigenvalue weighted by Crippen LogP contribution is -2.30. The standard InChI is InChI=1S/C19H18N4O5S/c1-11(19(26)21-13-6-4-12(5-7-13)17(20)25)27-16(24)9-8-15-22-18(23-28-15)14-3-2-10-29-14/h2-7,10-11H,8-9H2,1H3,(H2,20,25)(H,21,26)/t11-/m0/s1. The van der Waals surface area contributed by atoms with Crippen LogP contribution in [0.1, 0.15) is 29.6 Å². The molecule has 2 amide bonds. The SMILES string of the molecule is C[C@H](OC(=O)CCc1nc(-c2cccs2)no1)C(=O)Nc1ccc(C(N)=O)cc1. The Bertz CT molecular complexity index is 998. The van der Waals surface area contributed by atoms with Gasteiger partial charge in [0.15, 0.2) is 6.10 Å². The molecule has 0 spiro atoms. The van der Waals surface area contributed by atoms with Crippen LogP contribution in [0.2, 0.25) is 0 Å². The van der Waals surface area contributed by atoms with Crippen molar-refractivity contribution in [3.63, 3.8) is 0 Å². The Labute approximate surface area is 169 Å². The van der Waals surface area contributed by atoms with Crippen molar-refractivity contribution in [1.82, 2.24) is 10.1 Å². The van der Waals surface area contributed by atoms with E-state index in [0.717, 1.165) is 4.88 Å². The van der Waals surface area contributed by atoms with E-state index < -0.39 is 23.9 Å². The molecule has 0 bridgehead atoms. The molecule has 0 radical (unpaired) electrons.